The van der Waals surface area contributed by atoms with Crippen LogP contribution < -0.4 is 0 Å². The number of rotatable bonds is 4. The summed E-state index contributed by atoms with van der Waals surface area (Å²) in [6.07, 6.45) is 0.608. The van der Waals surface area contributed by atoms with Crippen molar-refractivity contribution in [2.75, 3.05) is 0 Å². The van der Waals surface area contributed by atoms with Crippen molar-refractivity contribution in [3.63, 3.8) is 0 Å². The van der Waals surface area contributed by atoms with Crippen LogP contribution in [0.3, 0.4) is 0 Å². The van der Waals surface area contributed by atoms with Crippen LogP contribution in [0.25, 0.3) is 0 Å². The van der Waals surface area contributed by atoms with Gasteiger partial charge >= 0.3 is 11.9 Å². The number of carbonyl (C=O) groups excluding carboxylic acids is 1. The van der Waals surface area contributed by atoms with Gasteiger partial charge in [-0.25, -0.2) is 9.59 Å². The van der Waals surface area contributed by atoms with Crippen LogP contribution >= 0.6 is 63.7 Å². The fourth-order valence-corrected chi connectivity index (χ4v) is 3.80. The molecule has 0 aliphatic carbocycles. The number of alkyl halides is 2. The van der Waals surface area contributed by atoms with E-state index in [4.69, 9.17) is 10.2 Å². The van der Waals surface area contributed by atoms with Crippen LogP contribution in [0.1, 0.15) is 40.4 Å². The van der Waals surface area contributed by atoms with E-state index in [1.165, 1.54) is 18.2 Å². The molecule has 0 unspecified atom stereocenters. The second-order valence-electron chi connectivity index (χ2n) is 4.50. The van der Waals surface area contributed by atoms with E-state index >= 15 is 0 Å². The third-order valence-electron chi connectivity index (χ3n) is 2.85. The molecule has 9 heteroatoms. The molecule has 0 fully saturated rings. The molecule has 0 saturated carbocycles. The molecule has 0 atom stereocenters. The molecule has 5 nitrogen and oxygen atoms in total. The summed E-state index contributed by atoms with van der Waals surface area (Å²) in [6, 6.07) is 9.17. The second kappa shape index (κ2) is 10.2. The SMILES string of the molecule is O=C(O)c1ccc(Br)c(C(Br)Br)c1.O=Cc1cc(C(=O)O)ccc1Br. The van der Waals surface area contributed by atoms with E-state index < -0.39 is 11.9 Å². The molecule has 0 radical (unpaired) electrons. The fourth-order valence-electron chi connectivity index (χ4n) is 1.61. The van der Waals surface area contributed by atoms with Crippen molar-refractivity contribution in [1.29, 1.82) is 0 Å². The summed E-state index contributed by atoms with van der Waals surface area (Å²) in [7, 11) is 0. The highest BCUT2D eigenvalue weighted by molar-refractivity contribution is 9.24. The Morgan fingerprint density at radius 2 is 1.36 bits per heavy atom. The highest BCUT2D eigenvalue weighted by atomic mass is 79.9. The van der Waals surface area contributed by atoms with Crippen LogP contribution in [0.5, 0.6) is 0 Å². The minimum absolute atomic E-state index is 0.0475. The Kier molecular flexibility index (Phi) is 8.98. The topological polar surface area (TPSA) is 91.7 Å². The van der Waals surface area contributed by atoms with Crippen LogP contribution in [0.2, 0.25) is 0 Å². The first-order valence-corrected chi connectivity index (χ1v) is 9.88. The van der Waals surface area contributed by atoms with Gasteiger partial charge < -0.3 is 10.2 Å². The number of hydrogen-bond donors (Lipinski definition) is 2. The number of aldehydes is 1. The standard InChI is InChI=1S/C8H5Br3O2.C8H5BrO3/c9-6-2-1-4(8(12)13)3-5(6)7(10)11;9-7-2-1-5(8(11)12)3-6(7)4-10/h1-3,7H,(H,12,13);1-4H,(H,11,12). The Balaban J connectivity index is 0.000000251. The number of aromatic carboxylic acids is 2. The van der Waals surface area contributed by atoms with E-state index in [1.54, 1.807) is 18.2 Å². The van der Waals surface area contributed by atoms with Gasteiger partial charge in [-0.3, -0.25) is 4.79 Å². The monoisotopic (exact) mass is 598 g/mol. The van der Waals surface area contributed by atoms with Gasteiger partial charge in [0, 0.05) is 14.5 Å². The molecule has 2 aromatic carbocycles. The van der Waals surface area contributed by atoms with Crippen molar-refractivity contribution in [2.45, 2.75) is 3.74 Å². The van der Waals surface area contributed by atoms with Gasteiger partial charge in [0.2, 0.25) is 0 Å². The molecule has 0 amide bonds. The Labute approximate surface area is 176 Å². The van der Waals surface area contributed by atoms with E-state index in [1.807, 2.05) is 0 Å². The first-order chi connectivity index (χ1) is 11.7. The van der Waals surface area contributed by atoms with Crippen molar-refractivity contribution in [1.82, 2.24) is 0 Å². The molecular weight excluding hydrogens is 592 g/mol. The van der Waals surface area contributed by atoms with Crippen LogP contribution in [-0.2, 0) is 0 Å². The van der Waals surface area contributed by atoms with Crippen molar-refractivity contribution in [3.05, 3.63) is 67.6 Å². The first kappa shape index (κ1) is 22.0. The zero-order valence-electron chi connectivity index (χ0n) is 12.2. The maximum atomic E-state index is 10.6. The lowest BCUT2D eigenvalue weighted by Gasteiger charge is -2.06. The molecule has 0 saturated heterocycles. The first-order valence-electron chi connectivity index (χ1n) is 6.46. The molecule has 2 rings (SSSR count). The average molecular weight is 602 g/mol. The Hall–Kier alpha value is -1.03. The summed E-state index contributed by atoms with van der Waals surface area (Å²) in [4.78, 5) is 31.5. The summed E-state index contributed by atoms with van der Waals surface area (Å²) in [6.45, 7) is 0. The molecule has 25 heavy (non-hydrogen) atoms. The van der Waals surface area contributed by atoms with Gasteiger partial charge in [-0.05, 0) is 42.0 Å². The number of carbonyl (C=O) groups is 3. The van der Waals surface area contributed by atoms with E-state index in [0.717, 1.165) is 10.0 Å². The van der Waals surface area contributed by atoms with Crippen molar-refractivity contribution < 1.29 is 24.6 Å². The number of carboxylic acid groups (broad SMARTS) is 2. The van der Waals surface area contributed by atoms with E-state index in [2.05, 4.69) is 63.7 Å². The normalized spacial score (nSPS) is 9.96. The zero-order chi connectivity index (χ0) is 19.1. The molecule has 132 valence electrons. The van der Waals surface area contributed by atoms with Crippen LogP contribution in [0.15, 0.2) is 45.3 Å². The Morgan fingerprint density at radius 3 is 1.80 bits per heavy atom. The van der Waals surface area contributed by atoms with Crippen molar-refractivity contribution in [3.8, 4) is 0 Å². The van der Waals surface area contributed by atoms with Gasteiger partial charge in [-0.1, -0.05) is 63.7 Å². The summed E-state index contributed by atoms with van der Waals surface area (Å²) in [5, 5.41) is 17.3. The minimum Gasteiger partial charge on any atom is -0.478 e. The zero-order valence-corrected chi connectivity index (χ0v) is 18.6. The van der Waals surface area contributed by atoms with Gasteiger partial charge in [-0.15, -0.1) is 0 Å². The lowest BCUT2D eigenvalue weighted by atomic mass is 10.1. The molecular formula is C16H10Br4O5. The van der Waals surface area contributed by atoms with Gasteiger partial charge in [-0.2, -0.15) is 0 Å². The largest absolute Gasteiger partial charge is 0.478 e. The van der Waals surface area contributed by atoms with Crippen LogP contribution in [-0.4, -0.2) is 28.4 Å². The Bertz CT molecular complexity index is 805. The molecule has 0 spiro atoms. The van der Waals surface area contributed by atoms with Crippen molar-refractivity contribution >= 4 is 81.9 Å². The second-order valence-corrected chi connectivity index (χ2v) is 9.27. The molecule has 0 aliphatic heterocycles. The van der Waals surface area contributed by atoms with Gasteiger partial charge in [0.25, 0.3) is 0 Å². The Morgan fingerprint density at radius 1 is 0.880 bits per heavy atom. The molecule has 0 bridgehead atoms. The number of carboxylic acids is 2. The van der Waals surface area contributed by atoms with Gasteiger partial charge in [0.05, 0.1) is 14.9 Å². The van der Waals surface area contributed by atoms with Crippen LogP contribution in [0, 0.1) is 0 Å². The number of hydrogen-bond acceptors (Lipinski definition) is 3. The van der Waals surface area contributed by atoms with E-state index in [-0.39, 0.29) is 14.9 Å². The fraction of sp³-hybridized carbons (Fsp3) is 0.0625. The van der Waals surface area contributed by atoms with Gasteiger partial charge in [0.15, 0.2) is 6.29 Å². The minimum atomic E-state index is -1.04. The van der Waals surface area contributed by atoms with E-state index in [9.17, 15) is 14.4 Å². The third-order valence-corrected chi connectivity index (χ3v) is 5.28. The number of halogens is 4. The molecule has 2 N–H and O–H groups in total. The summed E-state index contributed by atoms with van der Waals surface area (Å²) in [5.41, 5.74) is 1.59. The molecule has 2 aromatic rings. The quantitative estimate of drug-likeness (QED) is 0.337. The molecule has 0 aromatic heterocycles. The summed E-state index contributed by atoms with van der Waals surface area (Å²) < 4.78 is 1.42. The lowest BCUT2D eigenvalue weighted by molar-refractivity contribution is 0.0686. The smallest absolute Gasteiger partial charge is 0.335 e. The predicted molar refractivity (Wildman–Crippen MR) is 108 cm³/mol. The summed E-state index contributed by atoms with van der Waals surface area (Å²) >= 11 is 13.1. The van der Waals surface area contributed by atoms with Crippen molar-refractivity contribution in [2.24, 2.45) is 0 Å². The van der Waals surface area contributed by atoms with E-state index in [0.29, 0.717) is 16.3 Å². The molecule has 0 aliphatic rings. The van der Waals surface area contributed by atoms with Crippen LogP contribution in [0.4, 0.5) is 0 Å². The molecule has 0 heterocycles. The van der Waals surface area contributed by atoms with Gasteiger partial charge in [0.1, 0.15) is 0 Å². The third kappa shape index (κ3) is 6.65. The average Bonchev–Trinajstić information content (AvgIpc) is 2.55. The number of benzene rings is 2. The summed E-state index contributed by atoms with van der Waals surface area (Å²) in [5.74, 6) is -1.96. The maximum Gasteiger partial charge on any atom is 0.335 e. The highest BCUT2D eigenvalue weighted by Crippen LogP contribution is 2.34. The highest BCUT2D eigenvalue weighted by Gasteiger charge is 2.11. The predicted octanol–water partition coefficient (Wildman–Crippen LogP) is 5.90. The lowest BCUT2D eigenvalue weighted by Crippen LogP contribution is -1.97. The maximum absolute atomic E-state index is 10.6.